The summed E-state index contributed by atoms with van der Waals surface area (Å²) in [6.07, 6.45) is 0. The second-order valence-corrected chi connectivity index (χ2v) is 6.27. The van der Waals surface area contributed by atoms with Crippen molar-refractivity contribution >= 4 is 41.5 Å². The molecule has 23 heavy (non-hydrogen) atoms. The highest BCUT2D eigenvalue weighted by atomic mass is 127. The van der Waals surface area contributed by atoms with Gasteiger partial charge in [0.25, 0.3) is 0 Å². The number of rotatable bonds is 4. The van der Waals surface area contributed by atoms with Crippen LogP contribution in [0.1, 0.15) is 5.56 Å². The van der Waals surface area contributed by atoms with Crippen LogP contribution in [0.2, 0.25) is 5.02 Å². The Labute approximate surface area is 161 Å². The van der Waals surface area contributed by atoms with Gasteiger partial charge in [0.15, 0.2) is 5.96 Å². The number of benzene rings is 1. The molecule has 1 unspecified atom stereocenters. The molecule has 1 saturated heterocycles. The number of likely N-dealkylation sites (N-methyl/N-ethyl adjacent to an activating group) is 2. The normalized spacial score (nSPS) is 20.0. The molecule has 0 bridgehead atoms. The van der Waals surface area contributed by atoms with Crippen LogP contribution in [0, 0.1) is 0 Å². The summed E-state index contributed by atoms with van der Waals surface area (Å²) < 4.78 is 0. The molecule has 1 heterocycles. The molecule has 1 aliphatic rings. The molecule has 7 heteroatoms. The van der Waals surface area contributed by atoms with E-state index in [1.807, 2.05) is 24.3 Å². The molecular formula is C16H27ClIN5. The van der Waals surface area contributed by atoms with E-state index >= 15 is 0 Å². The van der Waals surface area contributed by atoms with Crippen molar-refractivity contribution in [3.8, 4) is 0 Å². The molecule has 1 aromatic carbocycles. The van der Waals surface area contributed by atoms with Crippen LogP contribution < -0.4 is 10.6 Å². The second-order valence-electron chi connectivity index (χ2n) is 5.83. The third-order valence-corrected chi connectivity index (χ3v) is 4.33. The van der Waals surface area contributed by atoms with Crippen molar-refractivity contribution in [1.29, 1.82) is 0 Å². The first-order chi connectivity index (χ1) is 10.6. The Morgan fingerprint density at radius 2 is 1.91 bits per heavy atom. The number of hydrogen-bond acceptors (Lipinski definition) is 3. The van der Waals surface area contributed by atoms with E-state index in [1.165, 1.54) is 5.56 Å². The Hall–Kier alpha value is -0.570. The smallest absolute Gasteiger partial charge is 0.191 e. The van der Waals surface area contributed by atoms with Gasteiger partial charge in [-0.15, -0.1) is 24.0 Å². The average Bonchev–Trinajstić information content (AvgIpc) is 2.52. The number of aliphatic imine (C=N–C) groups is 1. The van der Waals surface area contributed by atoms with Gasteiger partial charge in [0.05, 0.1) is 0 Å². The van der Waals surface area contributed by atoms with Crippen molar-refractivity contribution in [3.05, 3.63) is 34.9 Å². The van der Waals surface area contributed by atoms with Crippen molar-refractivity contribution in [3.63, 3.8) is 0 Å². The standard InChI is InChI=1S/C16H26ClN5.HI/c1-18-16(19-10-13-4-6-14(17)7-5-13)20-11-15-12-21(2)8-9-22(15)3;/h4-7,15H,8-12H2,1-3H3,(H2,18,19,20);1H. The minimum absolute atomic E-state index is 0. The molecule has 0 spiro atoms. The van der Waals surface area contributed by atoms with Crippen molar-refractivity contribution in [1.82, 2.24) is 20.4 Å². The lowest BCUT2D eigenvalue weighted by atomic mass is 10.2. The molecule has 0 aliphatic carbocycles. The van der Waals surface area contributed by atoms with Crippen molar-refractivity contribution in [2.75, 3.05) is 47.3 Å². The monoisotopic (exact) mass is 451 g/mol. The van der Waals surface area contributed by atoms with Gasteiger partial charge in [-0.1, -0.05) is 23.7 Å². The molecule has 5 nitrogen and oxygen atoms in total. The van der Waals surface area contributed by atoms with Gasteiger partial charge >= 0.3 is 0 Å². The predicted octanol–water partition coefficient (Wildman–Crippen LogP) is 1.87. The lowest BCUT2D eigenvalue weighted by Crippen LogP contribution is -2.55. The van der Waals surface area contributed by atoms with Crippen LogP contribution in [0.25, 0.3) is 0 Å². The molecule has 1 aromatic rings. The summed E-state index contributed by atoms with van der Waals surface area (Å²) >= 11 is 5.90. The summed E-state index contributed by atoms with van der Waals surface area (Å²) in [7, 11) is 6.16. The van der Waals surface area contributed by atoms with E-state index in [4.69, 9.17) is 11.6 Å². The van der Waals surface area contributed by atoms with Gasteiger partial charge in [0.1, 0.15) is 0 Å². The molecule has 1 fully saturated rings. The number of piperazine rings is 1. The van der Waals surface area contributed by atoms with E-state index < -0.39 is 0 Å². The van der Waals surface area contributed by atoms with Gasteiger partial charge in [-0.05, 0) is 31.8 Å². The Balaban J connectivity index is 0.00000264. The summed E-state index contributed by atoms with van der Waals surface area (Å²) in [5.74, 6) is 0.830. The van der Waals surface area contributed by atoms with Crippen molar-refractivity contribution in [2.45, 2.75) is 12.6 Å². The Morgan fingerprint density at radius 3 is 2.57 bits per heavy atom. The Kier molecular flexibility index (Phi) is 9.19. The zero-order chi connectivity index (χ0) is 15.9. The molecule has 0 amide bonds. The van der Waals surface area contributed by atoms with Crippen molar-refractivity contribution < 1.29 is 0 Å². The van der Waals surface area contributed by atoms with E-state index in [2.05, 4.69) is 39.5 Å². The predicted molar refractivity (Wildman–Crippen MR) is 109 cm³/mol. The SMILES string of the molecule is CN=C(NCc1ccc(Cl)cc1)NCC1CN(C)CCN1C.I. The van der Waals surface area contributed by atoms with E-state index in [-0.39, 0.29) is 24.0 Å². The molecule has 2 N–H and O–H groups in total. The topological polar surface area (TPSA) is 42.9 Å². The van der Waals surface area contributed by atoms with Gasteiger partial charge in [0, 0.05) is 50.8 Å². The molecule has 0 saturated carbocycles. The van der Waals surface area contributed by atoms with Crippen molar-refractivity contribution in [2.24, 2.45) is 4.99 Å². The largest absolute Gasteiger partial charge is 0.355 e. The first-order valence-electron chi connectivity index (χ1n) is 7.66. The lowest BCUT2D eigenvalue weighted by Gasteiger charge is -2.37. The number of hydrogen-bond donors (Lipinski definition) is 2. The number of guanidine groups is 1. The fourth-order valence-corrected chi connectivity index (χ4v) is 2.67. The van der Waals surface area contributed by atoms with Crippen LogP contribution in [0.3, 0.4) is 0 Å². The summed E-state index contributed by atoms with van der Waals surface area (Å²) in [6.45, 7) is 4.95. The van der Waals surface area contributed by atoms with E-state index in [0.29, 0.717) is 6.04 Å². The minimum atomic E-state index is 0. The average molecular weight is 452 g/mol. The molecular weight excluding hydrogens is 425 g/mol. The van der Waals surface area contributed by atoms with Crippen LogP contribution in [0.15, 0.2) is 29.3 Å². The van der Waals surface area contributed by atoms with E-state index in [9.17, 15) is 0 Å². The van der Waals surface area contributed by atoms with Crippen LogP contribution in [-0.2, 0) is 6.54 Å². The summed E-state index contributed by atoms with van der Waals surface area (Å²) in [5, 5.41) is 7.51. The first kappa shape index (κ1) is 20.5. The summed E-state index contributed by atoms with van der Waals surface area (Å²) in [6, 6.07) is 8.36. The fourth-order valence-electron chi connectivity index (χ4n) is 2.54. The molecule has 1 atom stereocenters. The summed E-state index contributed by atoms with van der Waals surface area (Å²) in [4.78, 5) is 9.06. The van der Waals surface area contributed by atoms with Gasteiger partial charge < -0.3 is 15.5 Å². The van der Waals surface area contributed by atoms with Crippen LogP contribution in [0.4, 0.5) is 0 Å². The highest BCUT2D eigenvalue weighted by molar-refractivity contribution is 14.0. The number of nitrogens with one attached hydrogen (secondary N) is 2. The third-order valence-electron chi connectivity index (χ3n) is 4.08. The fraction of sp³-hybridized carbons (Fsp3) is 0.562. The maximum absolute atomic E-state index is 5.90. The summed E-state index contributed by atoms with van der Waals surface area (Å²) in [5.41, 5.74) is 1.18. The van der Waals surface area contributed by atoms with Gasteiger partial charge in [-0.2, -0.15) is 0 Å². The lowest BCUT2D eigenvalue weighted by molar-refractivity contribution is 0.116. The Bertz CT molecular complexity index is 494. The third kappa shape index (κ3) is 6.82. The highest BCUT2D eigenvalue weighted by Gasteiger charge is 2.21. The van der Waals surface area contributed by atoms with Crippen LogP contribution in [0.5, 0.6) is 0 Å². The number of nitrogens with zero attached hydrogens (tertiary/aromatic N) is 3. The van der Waals surface area contributed by atoms with Gasteiger partial charge in [-0.3, -0.25) is 9.89 Å². The maximum Gasteiger partial charge on any atom is 0.191 e. The van der Waals surface area contributed by atoms with Gasteiger partial charge in [0.2, 0.25) is 0 Å². The second kappa shape index (κ2) is 10.3. The molecule has 2 rings (SSSR count). The zero-order valence-corrected chi connectivity index (χ0v) is 17.1. The highest BCUT2D eigenvalue weighted by Crippen LogP contribution is 2.09. The quantitative estimate of drug-likeness (QED) is 0.417. The van der Waals surface area contributed by atoms with E-state index in [0.717, 1.165) is 43.7 Å². The first-order valence-corrected chi connectivity index (χ1v) is 8.04. The minimum Gasteiger partial charge on any atom is -0.355 e. The molecule has 1 aliphatic heterocycles. The van der Waals surface area contributed by atoms with E-state index in [1.54, 1.807) is 7.05 Å². The molecule has 0 aromatic heterocycles. The zero-order valence-electron chi connectivity index (χ0n) is 14.1. The molecule has 130 valence electrons. The van der Waals surface area contributed by atoms with Crippen LogP contribution >= 0.6 is 35.6 Å². The van der Waals surface area contributed by atoms with Gasteiger partial charge in [-0.25, -0.2) is 0 Å². The number of halogens is 2. The van der Waals surface area contributed by atoms with Crippen LogP contribution in [-0.4, -0.2) is 69.1 Å². The maximum atomic E-state index is 5.90. The Morgan fingerprint density at radius 1 is 1.22 bits per heavy atom. The molecule has 0 radical (unpaired) electrons.